The van der Waals surface area contributed by atoms with Gasteiger partial charge in [-0.25, -0.2) is 19.6 Å². The Hall–Kier alpha value is -5.77. The summed E-state index contributed by atoms with van der Waals surface area (Å²) < 4.78 is 22.5. The second-order valence-corrected chi connectivity index (χ2v) is 17.5. The third-order valence-electron chi connectivity index (χ3n) is 12.5. The van der Waals surface area contributed by atoms with E-state index < -0.39 is 24.3 Å². The summed E-state index contributed by atoms with van der Waals surface area (Å²) in [6.07, 6.45) is 3.46. The summed E-state index contributed by atoms with van der Waals surface area (Å²) in [6.45, 7) is 12.2. The van der Waals surface area contributed by atoms with Crippen LogP contribution >= 0.6 is 11.6 Å². The van der Waals surface area contributed by atoms with Crippen molar-refractivity contribution in [2.45, 2.75) is 117 Å². The van der Waals surface area contributed by atoms with E-state index in [1.54, 1.807) is 11.1 Å². The molecule has 4 N–H and O–H groups in total. The SMILES string of the molecule is COC(=O)N[C@H](C(=O)N1[C@@H](C)CC[C@H]1c1ncc(-c2cc3c4c(c2)OCc2cc(-c5[nH]c([C@@H]6CC[C@H](C)N6C(=O)[C@@H](NC(=O)OC)C(C)C)nc5Cl)cc(c2-4)OC3)[nH]1)C(C)C. The number of aromatic nitrogens is 4. The highest BCUT2D eigenvalue weighted by molar-refractivity contribution is 6.32. The zero-order valence-corrected chi connectivity index (χ0v) is 36.4. The molecule has 0 spiro atoms. The molecule has 2 fully saturated rings. The molecule has 4 aromatic rings. The van der Waals surface area contributed by atoms with Crippen molar-refractivity contribution in [2.75, 3.05) is 14.2 Å². The molecule has 4 amide bonds. The average Bonchev–Trinajstić information content (AvgIpc) is 4.05. The van der Waals surface area contributed by atoms with Crippen molar-refractivity contribution in [1.29, 1.82) is 0 Å². The normalized spacial score (nSPS) is 21.1. The van der Waals surface area contributed by atoms with E-state index in [1.807, 2.05) is 64.6 Å². The maximum Gasteiger partial charge on any atom is 0.407 e. The number of nitrogens with one attached hydrogen (secondary N) is 4. The number of carbonyl (C=O) groups is 4. The average molecular weight is 857 g/mol. The lowest BCUT2D eigenvalue weighted by molar-refractivity contribution is -0.138. The fourth-order valence-corrected chi connectivity index (χ4v) is 9.57. The number of carbonyl (C=O) groups excluding carboxylic acids is 4. The molecule has 6 heterocycles. The Balaban J connectivity index is 1.05. The molecular weight excluding hydrogens is 804 g/mol. The molecule has 2 aromatic heterocycles. The number of likely N-dealkylation sites (tertiary alicyclic amines) is 2. The summed E-state index contributed by atoms with van der Waals surface area (Å²) in [5.41, 5.74) is 6.89. The Morgan fingerprint density at radius 3 is 1.74 bits per heavy atom. The predicted molar refractivity (Wildman–Crippen MR) is 226 cm³/mol. The zero-order valence-electron chi connectivity index (χ0n) is 35.7. The molecule has 0 aliphatic carbocycles. The molecule has 0 bridgehead atoms. The first-order chi connectivity index (χ1) is 29.2. The minimum Gasteiger partial charge on any atom is -0.488 e. The van der Waals surface area contributed by atoms with Crippen LogP contribution in [0, 0.1) is 11.8 Å². The van der Waals surface area contributed by atoms with Gasteiger partial charge in [0, 0.05) is 45.5 Å². The summed E-state index contributed by atoms with van der Waals surface area (Å²) >= 11 is 6.85. The lowest BCUT2D eigenvalue weighted by atomic mass is 9.87. The number of alkyl carbamates (subject to hydrolysis) is 2. The summed E-state index contributed by atoms with van der Waals surface area (Å²) in [5.74, 6) is 2.00. The van der Waals surface area contributed by atoms with Gasteiger partial charge in [-0.3, -0.25) is 9.59 Å². The van der Waals surface area contributed by atoms with Crippen molar-refractivity contribution >= 4 is 35.6 Å². The van der Waals surface area contributed by atoms with Gasteiger partial charge in [0.05, 0.1) is 43.9 Å². The second kappa shape index (κ2) is 16.6. The molecule has 0 radical (unpaired) electrons. The molecule has 4 aliphatic rings. The highest BCUT2D eigenvalue weighted by Gasteiger charge is 2.43. The topological polar surface area (TPSA) is 193 Å². The predicted octanol–water partition coefficient (Wildman–Crippen LogP) is 7.44. The summed E-state index contributed by atoms with van der Waals surface area (Å²) in [4.78, 5) is 72.1. The number of amides is 4. The van der Waals surface area contributed by atoms with Gasteiger partial charge in [-0.2, -0.15) is 0 Å². The number of aromatic amines is 2. The van der Waals surface area contributed by atoms with Crippen LogP contribution in [0.15, 0.2) is 30.5 Å². The number of hydrogen-bond acceptors (Lipinski definition) is 10. The zero-order chi connectivity index (χ0) is 43.4. The van der Waals surface area contributed by atoms with Gasteiger partial charge < -0.3 is 49.3 Å². The number of nitrogens with zero attached hydrogens (tertiary/aromatic N) is 4. The Kier molecular flexibility index (Phi) is 11.4. The van der Waals surface area contributed by atoms with E-state index in [-0.39, 0.29) is 53.0 Å². The molecular formula is C44H53ClN8O8. The van der Waals surface area contributed by atoms with Gasteiger partial charge in [0.25, 0.3) is 0 Å². The Labute approximate surface area is 359 Å². The van der Waals surface area contributed by atoms with Crippen molar-refractivity contribution in [3.05, 3.63) is 58.4 Å². The highest BCUT2D eigenvalue weighted by atomic mass is 35.5. The standard InChI is InChI=1S/C44H53ClN8O8/c1-20(2)35(49-43(56)58-7)41(54)52-22(5)9-11-29(52)39-46-17-28(47-39)24-13-26-18-61-32-16-25(14-27-19-60-31(15-24)33(26)34(27)32)37-38(45)51-40(48-37)30-12-10-23(6)53(30)42(55)36(21(3)4)50-44(57)59-8/h13-17,20-23,29-30,35-36H,9-12,18-19H2,1-8H3,(H,46,47)(H,48,51)(H,49,56)(H,50,57)/t22-,23-,29-,30-,35-,36-/m0/s1. The number of ether oxygens (including phenoxy) is 4. The lowest BCUT2D eigenvalue weighted by Crippen LogP contribution is -2.52. The van der Waals surface area contributed by atoms with Gasteiger partial charge in [-0.05, 0) is 75.6 Å². The minimum atomic E-state index is -0.766. The third kappa shape index (κ3) is 7.63. The van der Waals surface area contributed by atoms with Gasteiger partial charge in [-0.15, -0.1) is 0 Å². The van der Waals surface area contributed by atoms with Crippen LogP contribution in [-0.4, -0.2) is 92.1 Å². The molecule has 2 aromatic carbocycles. The fourth-order valence-electron chi connectivity index (χ4n) is 9.32. The number of rotatable bonds is 10. The van der Waals surface area contributed by atoms with Crippen LogP contribution in [0.25, 0.3) is 33.6 Å². The first-order valence-electron chi connectivity index (χ1n) is 20.9. The van der Waals surface area contributed by atoms with E-state index in [9.17, 15) is 19.2 Å². The van der Waals surface area contributed by atoms with Gasteiger partial charge in [-0.1, -0.05) is 39.3 Å². The fraction of sp³-hybridized carbons (Fsp3) is 0.500. The Morgan fingerprint density at radius 2 is 1.23 bits per heavy atom. The maximum atomic E-state index is 13.9. The third-order valence-corrected chi connectivity index (χ3v) is 12.8. The molecule has 324 valence electrons. The van der Waals surface area contributed by atoms with Crippen molar-refractivity contribution in [3.63, 3.8) is 0 Å². The first-order valence-corrected chi connectivity index (χ1v) is 21.3. The minimum absolute atomic E-state index is 0.0374. The van der Waals surface area contributed by atoms with Crippen molar-refractivity contribution in [2.24, 2.45) is 11.8 Å². The van der Waals surface area contributed by atoms with Crippen LogP contribution in [0.4, 0.5) is 9.59 Å². The number of H-pyrrole nitrogens is 2. The number of benzene rings is 2. The van der Waals surface area contributed by atoms with Crippen LogP contribution in [0.2, 0.25) is 5.15 Å². The quantitative estimate of drug-likeness (QED) is 0.125. The van der Waals surface area contributed by atoms with Gasteiger partial charge in [0.1, 0.15) is 48.4 Å². The van der Waals surface area contributed by atoms with E-state index in [2.05, 4.69) is 26.7 Å². The summed E-state index contributed by atoms with van der Waals surface area (Å²) in [5, 5.41) is 5.70. The van der Waals surface area contributed by atoms with Crippen molar-refractivity contribution < 1.29 is 38.1 Å². The van der Waals surface area contributed by atoms with Crippen LogP contribution in [0.3, 0.4) is 0 Å². The van der Waals surface area contributed by atoms with E-state index >= 15 is 0 Å². The van der Waals surface area contributed by atoms with E-state index in [4.69, 9.17) is 40.5 Å². The molecule has 8 rings (SSSR count). The smallest absolute Gasteiger partial charge is 0.407 e. The molecule has 2 saturated heterocycles. The monoisotopic (exact) mass is 856 g/mol. The van der Waals surface area contributed by atoms with E-state index in [0.717, 1.165) is 64.1 Å². The van der Waals surface area contributed by atoms with Crippen LogP contribution in [-0.2, 0) is 32.3 Å². The Bertz CT molecular complexity index is 2330. The van der Waals surface area contributed by atoms with E-state index in [0.29, 0.717) is 42.7 Å². The van der Waals surface area contributed by atoms with Gasteiger partial charge >= 0.3 is 12.2 Å². The molecule has 16 nitrogen and oxygen atoms in total. The van der Waals surface area contributed by atoms with Crippen LogP contribution in [0.5, 0.6) is 11.5 Å². The lowest BCUT2D eigenvalue weighted by Gasteiger charge is -2.33. The number of imidazole rings is 2. The second-order valence-electron chi connectivity index (χ2n) is 17.2. The Morgan fingerprint density at radius 1 is 0.738 bits per heavy atom. The number of methoxy groups -OCH3 is 2. The van der Waals surface area contributed by atoms with E-state index in [1.165, 1.54) is 14.2 Å². The van der Waals surface area contributed by atoms with Crippen LogP contribution < -0.4 is 20.1 Å². The molecule has 0 saturated carbocycles. The number of hydrogen-bond donors (Lipinski definition) is 4. The van der Waals surface area contributed by atoms with Crippen molar-refractivity contribution in [3.8, 4) is 45.1 Å². The highest BCUT2D eigenvalue weighted by Crippen LogP contribution is 2.51. The molecule has 6 atom stereocenters. The summed E-state index contributed by atoms with van der Waals surface area (Å²) in [7, 11) is 2.56. The first kappa shape index (κ1) is 41.9. The van der Waals surface area contributed by atoms with Crippen molar-refractivity contribution in [1.82, 2.24) is 40.4 Å². The molecule has 0 unspecified atom stereocenters. The molecule has 61 heavy (non-hydrogen) atoms. The maximum absolute atomic E-state index is 13.9. The molecule has 4 aliphatic heterocycles. The number of halogens is 1. The van der Waals surface area contributed by atoms with Crippen LogP contribution in [0.1, 0.15) is 102 Å². The van der Waals surface area contributed by atoms with Gasteiger partial charge in [0.15, 0.2) is 5.15 Å². The molecule has 17 heteroatoms. The largest absolute Gasteiger partial charge is 0.488 e. The summed E-state index contributed by atoms with van der Waals surface area (Å²) in [6, 6.07) is 5.82. The van der Waals surface area contributed by atoms with Gasteiger partial charge in [0.2, 0.25) is 11.8 Å².